The quantitative estimate of drug-likeness (QED) is 0.578. The molecule has 2 aromatic rings. The van der Waals surface area contributed by atoms with Crippen molar-refractivity contribution in [3.05, 3.63) is 17.0 Å². The fourth-order valence-electron chi connectivity index (χ4n) is 3.76. The number of piperidine rings is 1. The van der Waals surface area contributed by atoms with E-state index in [1.165, 1.54) is 37.6 Å². The first-order chi connectivity index (χ1) is 13.0. The lowest BCUT2D eigenvalue weighted by atomic mass is 10.0. The van der Waals surface area contributed by atoms with Crippen molar-refractivity contribution >= 4 is 23.4 Å². The maximum absolute atomic E-state index is 12.4. The van der Waals surface area contributed by atoms with Crippen molar-refractivity contribution in [2.24, 2.45) is 0 Å². The van der Waals surface area contributed by atoms with E-state index < -0.39 is 0 Å². The zero-order valence-electron chi connectivity index (χ0n) is 16.8. The molecule has 7 nitrogen and oxygen atoms in total. The van der Waals surface area contributed by atoms with Gasteiger partial charge in [-0.25, -0.2) is 9.50 Å². The van der Waals surface area contributed by atoms with Gasteiger partial charge in [0, 0.05) is 36.1 Å². The van der Waals surface area contributed by atoms with E-state index in [1.807, 2.05) is 20.1 Å². The fraction of sp³-hybridized carbons (Fsp3) is 0.684. The van der Waals surface area contributed by atoms with Crippen molar-refractivity contribution < 1.29 is 4.79 Å². The Hall–Kier alpha value is -1.67. The fourth-order valence-corrected chi connectivity index (χ4v) is 4.09. The van der Waals surface area contributed by atoms with Gasteiger partial charge in [0.25, 0.3) is 5.78 Å². The number of fused-ring (bicyclic) bond motifs is 1. The number of amides is 1. The smallest absolute Gasteiger partial charge is 0.253 e. The Kier molecular flexibility index (Phi) is 6.70. The average molecular weight is 391 g/mol. The number of hydrogen-bond acceptors (Lipinski definition) is 6. The Morgan fingerprint density at radius 3 is 2.85 bits per heavy atom. The van der Waals surface area contributed by atoms with Crippen molar-refractivity contribution in [2.45, 2.75) is 64.1 Å². The molecule has 1 saturated heterocycles. The van der Waals surface area contributed by atoms with Crippen LogP contribution in [0.25, 0.3) is 5.78 Å². The van der Waals surface area contributed by atoms with Gasteiger partial charge in [0.1, 0.15) is 0 Å². The van der Waals surface area contributed by atoms with Crippen LogP contribution in [0, 0.1) is 13.8 Å². The topological polar surface area (TPSA) is 75.4 Å². The minimum Gasteiger partial charge on any atom is -0.356 e. The minimum atomic E-state index is 0.0410. The van der Waals surface area contributed by atoms with Gasteiger partial charge in [-0.1, -0.05) is 18.2 Å². The summed E-state index contributed by atoms with van der Waals surface area (Å²) in [5.41, 5.74) is 2.71. The van der Waals surface area contributed by atoms with Crippen molar-refractivity contribution in [2.75, 3.05) is 25.9 Å². The maximum atomic E-state index is 12.4. The Balaban J connectivity index is 1.54. The van der Waals surface area contributed by atoms with E-state index >= 15 is 0 Å². The van der Waals surface area contributed by atoms with Crippen LogP contribution in [0.1, 0.15) is 49.6 Å². The number of likely N-dealkylation sites (tertiary alicyclic amines) is 1. The summed E-state index contributed by atoms with van der Waals surface area (Å²) in [7, 11) is 0. The summed E-state index contributed by atoms with van der Waals surface area (Å²) in [6.45, 7) is 9.18. The molecule has 1 aliphatic rings. The van der Waals surface area contributed by atoms with E-state index in [2.05, 4.69) is 32.2 Å². The zero-order chi connectivity index (χ0) is 19.4. The van der Waals surface area contributed by atoms with Gasteiger partial charge < -0.3 is 10.2 Å². The Morgan fingerprint density at radius 1 is 1.30 bits per heavy atom. The predicted molar refractivity (Wildman–Crippen MR) is 108 cm³/mol. The first-order valence-corrected chi connectivity index (χ1v) is 11.0. The standard InChI is InChI=1S/C19H30N6OS/c1-13-8-5-6-10-24(13)11-7-9-20-17(26)12-16-14(2)21-18-22-19(27-4)23-25(18)15(16)3/h13H,5-12H2,1-4H3,(H,20,26)/t13-/m0/s1. The van der Waals surface area contributed by atoms with Gasteiger partial charge in [0.15, 0.2) is 0 Å². The van der Waals surface area contributed by atoms with E-state index in [-0.39, 0.29) is 5.91 Å². The molecule has 1 amide bonds. The highest BCUT2D eigenvalue weighted by atomic mass is 32.2. The molecule has 0 saturated carbocycles. The average Bonchev–Trinajstić information content (AvgIpc) is 3.07. The summed E-state index contributed by atoms with van der Waals surface area (Å²) in [5.74, 6) is 0.633. The lowest BCUT2D eigenvalue weighted by Gasteiger charge is -2.33. The molecule has 0 aromatic carbocycles. The highest BCUT2D eigenvalue weighted by Crippen LogP contribution is 2.18. The molecule has 1 fully saturated rings. The van der Waals surface area contributed by atoms with Crippen LogP contribution in [0.2, 0.25) is 0 Å². The zero-order valence-corrected chi connectivity index (χ0v) is 17.6. The SMILES string of the molecule is CSc1nc2nc(C)c(CC(=O)NCCCN3CCCC[C@@H]3C)c(C)n2n1. The largest absolute Gasteiger partial charge is 0.356 e. The second-order valence-corrected chi connectivity index (χ2v) is 8.11. The molecule has 0 aliphatic carbocycles. The van der Waals surface area contributed by atoms with Gasteiger partial charge in [0.2, 0.25) is 11.1 Å². The summed E-state index contributed by atoms with van der Waals surface area (Å²) in [5, 5.41) is 8.20. The Bertz CT molecular complexity index is 805. The Morgan fingerprint density at radius 2 is 2.11 bits per heavy atom. The van der Waals surface area contributed by atoms with E-state index in [0.29, 0.717) is 23.4 Å². The number of rotatable bonds is 7. The van der Waals surface area contributed by atoms with E-state index in [0.717, 1.165) is 36.5 Å². The second kappa shape index (κ2) is 9.01. The molecule has 148 valence electrons. The van der Waals surface area contributed by atoms with Crippen LogP contribution in [-0.2, 0) is 11.2 Å². The summed E-state index contributed by atoms with van der Waals surface area (Å²) >= 11 is 1.49. The third kappa shape index (κ3) is 4.79. The van der Waals surface area contributed by atoms with Crippen LogP contribution in [0.3, 0.4) is 0 Å². The highest BCUT2D eigenvalue weighted by molar-refractivity contribution is 7.98. The number of carbonyl (C=O) groups excluding carboxylic acids is 1. The number of carbonyl (C=O) groups is 1. The minimum absolute atomic E-state index is 0.0410. The van der Waals surface area contributed by atoms with Crippen LogP contribution in [0.5, 0.6) is 0 Å². The van der Waals surface area contributed by atoms with Gasteiger partial charge in [0.05, 0.1) is 6.42 Å². The number of nitrogens with zero attached hydrogens (tertiary/aromatic N) is 5. The molecule has 0 spiro atoms. The normalized spacial score (nSPS) is 18.1. The summed E-state index contributed by atoms with van der Waals surface area (Å²) in [6.07, 6.45) is 7.19. The Labute approximate surface area is 165 Å². The molecule has 0 unspecified atom stereocenters. The molecule has 1 atom stereocenters. The van der Waals surface area contributed by atoms with Crippen LogP contribution in [0.15, 0.2) is 5.16 Å². The predicted octanol–water partition coefficient (Wildman–Crippen LogP) is 2.39. The summed E-state index contributed by atoms with van der Waals surface area (Å²) in [4.78, 5) is 23.9. The molecular formula is C19H30N6OS. The van der Waals surface area contributed by atoms with Gasteiger partial charge >= 0.3 is 0 Å². The number of thioether (sulfide) groups is 1. The highest BCUT2D eigenvalue weighted by Gasteiger charge is 2.18. The third-order valence-corrected chi connectivity index (χ3v) is 5.97. The maximum Gasteiger partial charge on any atom is 0.253 e. The molecule has 1 N–H and O–H groups in total. The molecule has 2 aromatic heterocycles. The van der Waals surface area contributed by atoms with E-state index in [1.54, 1.807) is 4.52 Å². The molecular weight excluding hydrogens is 360 g/mol. The van der Waals surface area contributed by atoms with Crippen LogP contribution < -0.4 is 5.32 Å². The molecule has 27 heavy (non-hydrogen) atoms. The van der Waals surface area contributed by atoms with Crippen molar-refractivity contribution in [3.8, 4) is 0 Å². The van der Waals surface area contributed by atoms with E-state index in [9.17, 15) is 4.79 Å². The molecule has 3 rings (SSSR count). The second-order valence-electron chi connectivity index (χ2n) is 7.33. The van der Waals surface area contributed by atoms with Gasteiger partial charge in [-0.3, -0.25) is 4.79 Å². The van der Waals surface area contributed by atoms with Crippen LogP contribution in [0.4, 0.5) is 0 Å². The third-order valence-electron chi connectivity index (χ3n) is 5.43. The van der Waals surface area contributed by atoms with Gasteiger partial charge in [-0.05, 0) is 52.8 Å². The molecule has 1 aliphatic heterocycles. The van der Waals surface area contributed by atoms with Gasteiger partial charge in [-0.15, -0.1) is 5.10 Å². The summed E-state index contributed by atoms with van der Waals surface area (Å²) < 4.78 is 1.74. The number of hydrogen-bond donors (Lipinski definition) is 1. The monoisotopic (exact) mass is 390 g/mol. The number of aryl methyl sites for hydroxylation is 2. The number of nitrogens with one attached hydrogen (secondary N) is 1. The van der Waals surface area contributed by atoms with Crippen LogP contribution in [-0.4, -0.2) is 62.3 Å². The number of aromatic nitrogens is 4. The van der Waals surface area contributed by atoms with Crippen molar-refractivity contribution in [1.82, 2.24) is 29.8 Å². The van der Waals surface area contributed by atoms with Crippen LogP contribution >= 0.6 is 11.8 Å². The van der Waals surface area contributed by atoms with Crippen molar-refractivity contribution in [3.63, 3.8) is 0 Å². The molecule has 0 bridgehead atoms. The lowest BCUT2D eigenvalue weighted by molar-refractivity contribution is -0.120. The van der Waals surface area contributed by atoms with E-state index in [4.69, 9.17) is 0 Å². The summed E-state index contributed by atoms with van der Waals surface area (Å²) in [6, 6.07) is 0.673. The molecule has 3 heterocycles. The van der Waals surface area contributed by atoms with Gasteiger partial charge in [-0.2, -0.15) is 4.98 Å². The first kappa shape index (κ1) is 20.1. The molecule has 0 radical (unpaired) electrons. The van der Waals surface area contributed by atoms with Crippen molar-refractivity contribution in [1.29, 1.82) is 0 Å². The molecule has 8 heteroatoms. The first-order valence-electron chi connectivity index (χ1n) is 9.77. The lowest BCUT2D eigenvalue weighted by Crippen LogP contribution is -2.39.